The summed E-state index contributed by atoms with van der Waals surface area (Å²) >= 11 is 0. The van der Waals surface area contributed by atoms with Crippen LogP contribution in [0.2, 0.25) is 0 Å². The van der Waals surface area contributed by atoms with Gasteiger partial charge in [-0.3, -0.25) is 4.39 Å². The Hall–Kier alpha value is -0.0700. The van der Waals surface area contributed by atoms with Crippen molar-refractivity contribution in [2.45, 2.75) is 39.5 Å². The molecule has 1 rings (SSSR count). The minimum atomic E-state index is 0.500. The van der Waals surface area contributed by atoms with Crippen LogP contribution in [0.15, 0.2) is 0 Å². The maximum Gasteiger partial charge on any atom is 0.0785 e. The van der Waals surface area contributed by atoms with E-state index >= 15 is 0 Å². The third-order valence-electron chi connectivity index (χ3n) is 1.000. The second kappa shape index (κ2) is 15.8. The van der Waals surface area contributed by atoms with E-state index in [2.05, 4.69) is 0 Å². The van der Waals surface area contributed by atoms with Crippen LogP contribution in [0.4, 0.5) is 4.39 Å². The topological polar surface area (TPSA) is 0 Å². The van der Waals surface area contributed by atoms with Crippen molar-refractivity contribution < 1.29 is 4.39 Å². The van der Waals surface area contributed by atoms with E-state index in [1.165, 1.54) is 25.7 Å². The lowest BCUT2D eigenvalue weighted by molar-refractivity contribution is 0.504. The summed E-state index contributed by atoms with van der Waals surface area (Å²) in [5.41, 5.74) is 0. The van der Waals surface area contributed by atoms with Gasteiger partial charge in [-0.15, -0.1) is 0 Å². The van der Waals surface area contributed by atoms with Crippen LogP contribution in [0.25, 0.3) is 0 Å². The Balaban J connectivity index is 0. The lowest BCUT2D eigenvalue weighted by Gasteiger charge is -2.05. The van der Waals surface area contributed by atoms with Gasteiger partial charge in [0.05, 0.1) is 7.18 Å². The molecule has 0 aromatic carbocycles. The first-order valence-corrected chi connectivity index (χ1v) is 3.38. The van der Waals surface area contributed by atoms with Gasteiger partial charge in [-0.25, -0.2) is 0 Å². The summed E-state index contributed by atoms with van der Waals surface area (Å²) in [4.78, 5) is 0. The molecule has 0 atom stereocenters. The molecule has 1 aliphatic rings. The minimum absolute atomic E-state index is 0.500. The fourth-order valence-electron chi connectivity index (χ4n) is 0.250. The molecule has 0 N–H and O–H groups in total. The normalized spacial score (nSPS) is 13.5. The summed E-state index contributed by atoms with van der Waals surface area (Å²) < 4.78 is 9.50. The van der Waals surface area contributed by atoms with E-state index in [9.17, 15) is 4.39 Å². The number of hydrogen-bond donors (Lipinski definition) is 0. The molecule has 0 aromatic heterocycles. The first-order chi connectivity index (χ1) is 4.00. The number of rotatable bonds is 0. The van der Waals surface area contributed by atoms with Crippen LogP contribution < -0.4 is 0 Å². The van der Waals surface area contributed by atoms with Crippen molar-refractivity contribution in [3.05, 3.63) is 0 Å². The van der Waals surface area contributed by atoms with E-state index in [0.29, 0.717) is 7.18 Å². The van der Waals surface area contributed by atoms with Crippen LogP contribution in [0, 0.1) is 0 Å². The predicted molar refractivity (Wildman–Crippen MR) is 36.8 cm³/mol. The van der Waals surface area contributed by atoms with Crippen LogP contribution in [-0.2, 0) is 0 Å². The predicted octanol–water partition coefficient (Wildman–Crippen LogP) is 3.17. The second-order valence-electron chi connectivity index (χ2n) is 1.41. The molecule has 1 aliphatic carbocycles. The van der Waals surface area contributed by atoms with Gasteiger partial charge in [-0.05, 0) is 0 Å². The first-order valence-electron chi connectivity index (χ1n) is 3.38. The molecule has 0 aromatic rings. The average Bonchev–Trinajstić information content (AvgIpc) is 1.72. The molecule has 0 spiro atoms. The van der Waals surface area contributed by atoms with Crippen molar-refractivity contribution in [2.24, 2.45) is 0 Å². The van der Waals surface area contributed by atoms with E-state index in [-0.39, 0.29) is 0 Å². The minimum Gasteiger partial charge on any atom is -0.255 e. The zero-order chi connectivity index (χ0) is 6.83. The van der Waals surface area contributed by atoms with Gasteiger partial charge in [-0.1, -0.05) is 39.5 Å². The Morgan fingerprint density at radius 1 is 0.750 bits per heavy atom. The third-order valence-corrected chi connectivity index (χ3v) is 1.000. The molecule has 0 saturated heterocycles. The van der Waals surface area contributed by atoms with Gasteiger partial charge in [0.15, 0.2) is 0 Å². The molecule has 1 saturated carbocycles. The molecule has 0 bridgehead atoms. The molecule has 0 radical (unpaired) electrons. The van der Waals surface area contributed by atoms with Crippen molar-refractivity contribution >= 4 is 0 Å². The highest BCUT2D eigenvalue weighted by atomic mass is 18.2. The smallest absolute Gasteiger partial charge is 0.0785 e. The molecule has 0 aliphatic heterocycles. The molecular weight excluding hydrogens is 102 g/mol. The van der Waals surface area contributed by atoms with Gasteiger partial charge in [0.25, 0.3) is 0 Å². The van der Waals surface area contributed by atoms with E-state index in [1.54, 1.807) is 0 Å². The highest BCUT2D eigenvalue weighted by molar-refractivity contribution is 4.50. The van der Waals surface area contributed by atoms with Crippen LogP contribution in [0.3, 0.4) is 0 Å². The highest BCUT2D eigenvalue weighted by Gasteiger charge is 1.95. The average molecular weight is 119 g/mol. The Morgan fingerprint density at radius 3 is 0.875 bits per heavy atom. The number of alkyl halides is 1. The Kier molecular flexibility index (Phi) is 21.4. The quantitative estimate of drug-likeness (QED) is 0.459. The second-order valence-corrected chi connectivity index (χ2v) is 1.41. The number of halogens is 1. The first kappa shape index (κ1) is 10.8. The Morgan fingerprint density at radius 2 is 0.875 bits per heavy atom. The van der Waals surface area contributed by atoms with Gasteiger partial charge in [-0.2, -0.15) is 0 Å². The van der Waals surface area contributed by atoms with Crippen LogP contribution in [0.5, 0.6) is 0 Å². The Labute approximate surface area is 52.1 Å². The lowest BCUT2D eigenvalue weighted by atomic mass is 10.0. The van der Waals surface area contributed by atoms with Crippen molar-refractivity contribution in [3.8, 4) is 0 Å². The zero-order valence-corrected chi connectivity index (χ0v) is 6.21. The zero-order valence-electron chi connectivity index (χ0n) is 6.21. The fraction of sp³-hybridized carbons (Fsp3) is 1.00. The summed E-state index contributed by atoms with van der Waals surface area (Å²) in [5, 5.41) is 0. The number of hydrogen-bond acceptors (Lipinski definition) is 0. The molecule has 1 heteroatoms. The van der Waals surface area contributed by atoms with Gasteiger partial charge in [0, 0.05) is 0 Å². The van der Waals surface area contributed by atoms with E-state index in [4.69, 9.17) is 0 Å². The third kappa shape index (κ3) is 9.33. The summed E-state index contributed by atoms with van der Waals surface area (Å²) in [6.07, 6.45) is 6.00. The van der Waals surface area contributed by atoms with Crippen molar-refractivity contribution in [1.29, 1.82) is 0 Å². The molecule has 0 heterocycles. The largest absolute Gasteiger partial charge is 0.255 e. The SMILES string of the molecule is C1CCC1.CC.C[18F]. The summed E-state index contributed by atoms with van der Waals surface area (Å²) in [5.74, 6) is 0. The van der Waals surface area contributed by atoms with Crippen LogP contribution in [0.1, 0.15) is 39.5 Å². The monoisotopic (exact) mass is 119 g/mol. The summed E-state index contributed by atoms with van der Waals surface area (Å²) in [6.45, 7) is 4.00. The molecular formula is C7H17F. The van der Waals surface area contributed by atoms with Gasteiger partial charge in [0.1, 0.15) is 0 Å². The maximum atomic E-state index is 9.50. The molecule has 8 heavy (non-hydrogen) atoms. The molecule has 1 fully saturated rings. The Bertz CT molecular complexity index is 12.3. The van der Waals surface area contributed by atoms with Crippen LogP contribution >= 0.6 is 0 Å². The van der Waals surface area contributed by atoms with Gasteiger partial charge >= 0.3 is 0 Å². The van der Waals surface area contributed by atoms with E-state index in [0.717, 1.165) is 0 Å². The van der Waals surface area contributed by atoms with E-state index < -0.39 is 0 Å². The van der Waals surface area contributed by atoms with Crippen molar-refractivity contribution in [3.63, 3.8) is 0 Å². The van der Waals surface area contributed by atoms with Crippen LogP contribution in [-0.4, -0.2) is 7.18 Å². The fourth-order valence-corrected chi connectivity index (χ4v) is 0.250. The molecule has 0 nitrogen and oxygen atoms in total. The molecule has 0 amide bonds. The molecule has 52 valence electrons. The molecule has 0 unspecified atom stereocenters. The van der Waals surface area contributed by atoms with Crippen molar-refractivity contribution in [2.75, 3.05) is 7.18 Å². The standard InChI is InChI=1S/C4H8.C2H6.CH3F/c1-2-4-3-1;2*1-2/h1-4H2;1-2H3;1H3/i;;2-1. The summed E-state index contributed by atoms with van der Waals surface area (Å²) in [7, 11) is 0.500. The van der Waals surface area contributed by atoms with Gasteiger partial charge in [0.2, 0.25) is 0 Å². The van der Waals surface area contributed by atoms with Crippen molar-refractivity contribution in [1.82, 2.24) is 0 Å². The summed E-state index contributed by atoms with van der Waals surface area (Å²) in [6, 6.07) is 0. The maximum absolute atomic E-state index is 9.50. The lowest BCUT2D eigenvalue weighted by Crippen LogP contribution is -1.85. The highest BCUT2D eigenvalue weighted by Crippen LogP contribution is 2.15. The van der Waals surface area contributed by atoms with Gasteiger partial charge < -0.3 is 0 Å². The van der Waals surface area contributed by atoms with E-state index in [1.807, 2.05) is 13.8 Å².